The number of rotatable bonds is 4. The van der Waals surface area contributed by atoms with Gasteiger partial charge in [-0.2, -0.15) is 10.5 Å². The van der Waals surface area contributed by atoms with Gasteiger partial charge in [0, 0.05) is 24.6 Å². The predicted molar refractivity (Wildman–Crippen MR) is 111 cm³/mol. The summed E-state index contributed by atoms with van der Waals surface area (Å²) in [6.45, 7) is 0. The predicted octanol–water partition coefficient (Wildman–Crippen LogP) is 3.57. The molecule has 2 aromatic rings. The van der Waals surface area contributed by atoms with Crippen LogP contribution >= 0.6 is 11.8 Å². The van der Waals surface area contributed by atoms with E-state index in [2.05, 4.69) is 10.3 Å². The Labute approximate surface area is 178 Å². The summed E-state index contributed by atoms with van der Waals surface area (Å²) in [5, 5.41) is 21.4. The zero-order chi connectivity index (χ0) is 21.1. The molecule has 4 rings (SSSR count). The maximum absolute atomic E-state index is 12.4. The van der Waals surface area contributed by atoms with Gasteiger partial charge in [-0.05, 0) is 31.0 Å². The summed E-state index contributed by atoms with van der Waals surface area (Å²) in [5.41, 5.74) is 6.66. The van der Waals surface area contributed by atoms with E-state index in [0.717, 1.165) is 37.4 Å². The summed E-state index contributed by atoms with van der Waals surface area (Å²) in [5.74, 6) is 0.571. The number of nitriles is 2. The summed E-state index contributed by atoms with van der Waals surface area (Å²) in [6, 6.07) is 10.6. The molecule has 1 fully saturated rings. The van der Waals surface area contributed by atoms with Crippen LogP contribution in [0.4, 0.5) is 11.5 Å². The molecule has 30 heavy (non-hydrogen) atoms. The van der Waals surface area contributed by atoms with Crippen LogP contribution in [0.1, 0.15) is 43.2 Å². The second kappa shape index (κ2) is 8.13. The molecule has 2 heterocycles. The van der Waals surface area contributed by atoms with Crippen LogP contribution in [0.15, 0.2) is 29.3 Å². The number of thioether (sulfide) groups is 1. The zero-order valence-corrected chi connectivity index (χ0v) is 16.9. The number of nitrogens with zero attached hydrogens (tertiary/aromatic N) is 3. The standard InChI is InChI=1S/C21H19N5O3S/c22-10-13-8-14(11-23)20(26-19(13)24)30-12-18(27)25-15-4-5-16-17(9-15)29-21(28-16)6-2-1-3-7-21/h4-5,8-9H,1-3,6-7,12H2,(H2,24,26)(H,25,27). The molecule has 0 bridgehead atoms. The van der Waals surface area contributed by atoms with Gasteiger partial charge in [0.25, 0.3) is 5.79 Å². The van der Waals surface area contributed by atoms with Crippen molar-refractivity contribution in [2.45, 2.75) is 42.9 Å². The van der Waals surface area contributed by atoms with Crippen molar-refractivity contribution in [2.75, 3.05) is 16.8 Å². The molecule has 0 saturated heterocycles. The van der Waals surface area contributed by atoms with E-state index < -0.39 is 5.79 Å². The van der Waals surface area contributed by atoms with Crippen LogP contribution in [0, 0.1) is 22.7 Å². The summed E-state index contributed by atoms with van der Waals surface area (Å²) in [4.78, 5) is 16.5. The van der Waals surface area contributed by atoms with E-state index in [0.29, 0.717) is 22.2 Å². The number of aromatic nitrogens is 1. The summed E-state index contributed by atoms with van der Waals surface area (Å²) >= 11 is 1.08. The molecule has 3 N–H and O–H groups in total. The topological polar surface area (TPSA) is 134 Å². The Kier molecular flexibility index (Phi) is 5.39. The molecular formula is C21H19N5O3S. The Morgan fingerprint density at radius 1 is 1.13 bits per heavy atom. The maximum atomic E-state index is 12.4. The van der Waals surface area contributed by atoms with Crippen LogP contribution in [0.2, 0.25) is 0 Å². The van der Waals surface area contributed by atoms with Gasteiger partial charge in [0.2, 0.25) is 5.91 Å². The first-order valence-electron chi connectivity index (χ1n) is 9.57. The summed E-state index contributed by atoms with van der Waals surface area (Å²) in [7, 11) is 0. The largest absolute Gasteiger partial charge is 0.448 e. The first kappa shape index (κ1) is 19.9. The molecule has 1 aliphatic heterocycles. The number of hydrogen-bond donors (Lipinski definition) is 2. The molecule has 1 aliphatic carbocycles. The van der Waals surface area contributed by atoms with Gasteiger partial charge in [-0.1, -0.05) is 18.2 Å². The molecule has 9 heteroatoms. The lowest BCUT2D eigenvalue weighted by Crippen LogP contribution is -2.40. The Hall–Kier alpha value is -3.43. The third-order valence-electron chi connectivity index (χ3n) is 5.03. The van der Waals surface area contributed by atoms with E-state index in [-0.39, 0.29) is 28.6 Å². The smallest absolute Gasteiger partial charge is 0.251 e. The van der Waals surface area contributed by atoms with E-state index in [1.165, 1.54) is 12.5 Å². The molecular weight excluding hydrogens is 402 g/mol. The van der Waals surface area contributed by atoms with Crippen LogP contribution < -0.4 is 20.5 Å². The van der Waals surface area contributed by atoms with Gasteiger partial charge in [0.05, 0.1) is 16.9 Å². The van der Waals surface area contributed by atoms with Gasteiger partial charge in [0.15, 0.2) is 11.5 Å². The molecule has 0 atom stereocenters. The second-order valence-electron chi connectivity index (χ2n) is 7.17. The number of carbonyl (C=O) groups excluding carboxylic acids is 1. The highest BCUT2D eigenvalue weighted by atomic mass is 32.2. The molecule has 2 aliphatic rings. The van der Waals surface area contributed by atoms with E-state index >= 15 is 0 Å². The number of hydrogen-bond acceptors (Lipinski definition) is 8. The SMILES string of the molecule is N#Cc1cc(C#N)c(SCC(=O)Nc2ccc3c(c2)OC2(CCCCC2)O3)nc1N. The van der Waals surface area contributed by atoms with E-state index in [9.17, 15) is 10.1 Å². The number of amides is 1. The Bertz CT molecular complexity index is 1080. The number of anilines is 2. The lowest BCUT2D eigenvalue weighted by atomic mass is 9.94. The number of nitrogens with two attached hydrogens (primary N) is 1. The van der Waals surface area contributed by atoms with Crippen molar-refractivity contribution in [1.82, 2.24) is 4.98 Å². The van der Waals surface area contributed by atoms with Crippen molar-refractivity contribution in [3.05, 3.63) is 35.4 Å². The highest BCUT2D eigenvalue weighted by Gasteiger charge is 2.42. The number of pyridine rings is 1. The number of benzene rings is 1. The van der Waals surface area contributed by atoms with E-state index in [4.69, 9.17) is 20.5 Å². The quantitative estimate of drug-likeness (QED) is 0.716. The highest BCUT2D eigenvalue weighted by Crippen LogP contribution is 2.46. The number of fused-ring (bicyclic) bond motifs is 1. The van der Waals surface area contributed by atoms with Crippen molar-refractivity contribution in [2.24, 2.45) is 0 Å². The zero-order valence-electron chi connectivity index (χ0n) is 16.1. The minimum atomic E-state index is -0.562. The second-order valence-corrected chi connectivity index (χ2v) is 8.14. The van der Waals surface area contributed by atoms with E-state index in [1.54, 1.807) is 18.2 Å². The van der Waals surface area contributed by atoms with Crippen molar-refractivity contribution in [3.8, 4) is 23.6 Å². The molecule has 0 unspecified atom stereocenters. The molecule has 8 nitrogen and oxygen atoms in total. The average Bonchev–Trinajstić information content (AvgIpc) is 3.09. The Morgan fingerprint density at radius 2 is 1.87 bits per heavy atom. The summed E-state index contributed by atoms with van der Waals surface area (Å²) in [6.07, 6.45) is 5.07. The molecule has 1 aromatic carbocycles. The van der Waals surface area contributed by atoms with Crippen LogP contribution in [-0.4, -0.2) is 22.4 Å². The fraction of sp³-hybridized carbons (Fsp3) is 0.333. The van der Waals surface area contributed by atoms with Crippen LogP contribution in [0.3, 0.4) is 0 Å². The summed E-state index contributed by atoms with van der Waals surface area (Å²) < 4.78 is 12.1. The molecule has 1 spiro atoms. The average molecular weight is 421 g/mol. The molecule has 152 valence electrons. The normalized spacial score (nSPS) is 15.9. The van der Waals surface area contributed by atoms with Gasteiger partial charge in [0.1, 0.15) is 23.0 Å². The van der Waals surface area contributed by atoms with E-state index in [1.807, 2.05) is 12.1 Å². The molecule has 0 radical (unpaired) electrons. The third kappa shape index (κ3) is 3.98. The molecule has 1 saturated carbocycles. The van der Waals surface area contributed by atoms with Gasteiger partial charge < -0.3 is 20.5 Å². The molecule has 1 amide bonds. The van der Waals surface area contributed by atoms with Gasteiger partial charge in [-0.3, -0.25) is 4.79 Å². The minimum Gasteiger partial charge on any atom is -0.448 e. The lowest BCUT2D eigenvalue weighted by Gasteiger charge is -2.31. The monoisotopic (exact) mass is 421 g/mol. The fourth-order valence-corrected chi connectivity index (χ4v) is 4.35. The van der Waals surface area contributed by atoms with Crippen LogP contribution in [0.25, 0.3) is 0 Å². The van der Waals surface area contributed by atoms with Gasteiger partial charge in [-0.25, -0.2) is 4.98 Å². The first-order chi connectivity index (χ1) is 14.5. The van der Waals surface area contributed by atoms with Crippen molar-refractivity contribution in [1.29, 1.82) is 10.5 Å². The first-order valence-corrected chi connectivity index (χ1v) is 10.6. The lowest BCUT2D eigenvalue weighted by molar-refractivity contribution is -0.113. The number of ether oxygens (including phenoxy) is 2. The Balaban J connectivity index is 1.39. The third-order valence-corrected chi connectivity index (χ3v) is 6.02. The van der Waals surface area contributed by atoms with Gasteiger partial charge in [-0.15, -0.1) is 0 Å². The molecule has 1 aromatic heterocycles. The maximum Gasteiger partial charge on any atom is 0.251 e. The Morgan fingerprint density at radius 3 is 2.60 bits per heavy atom. The van der Waals surface area contributed by atoms with Crippen LogP contribution in [0.5, 0.6) is 11.5 Å². The number of carbonyl (C=O) groups is 1. The fourth-order valence-electron chi connectivity index (χ4n) is 3.59. The van der Waals surface area contributed by atoms with Crippen LogP contribution in [-0.2, 0) is 4.79 Å². The van der Waals surface area contributed by atoms with Gasteiger partial charge >= 0.3 is 0 Å². The minimum absolute atomic E-state index is 0.0331. The highest BCUT2D eigenvalue weighted by molar-refractivity contribution is 8.00. The number of nitrogens with one attached hydrogen (secondary N) is 1. The van der Waals surface area contributed by atoms with Crippen molar-refractivity contribution >= 4 is 29.2 Å². The van der Waals surface area contributed by atoms with Crippen molar-refractivity contribution < 1.29 is 14.3 Å². The number of nitrogen functional groups attached to an aromatic ring is 1. The van der Waals surface area contributed by atoms with Crippen molar-refractivity contribution in [3.63, 3.8) is 0 Å².